The van der Waals surface area contributed by atoms with Crippen LogP contribution in [0.3, 0.4) is 0 Å². The van der Waals surface area contributed by atoms with E-state index in [2.05, 4.69) is 20.9 Å². The number of nitrogens with zero attached hydrogens (tertiary/aromatic N) is 1. The Bertz CT molecular complexity index is 564. The molecule has 23 heavy (non-hydrogen) atoms. The van der Waals surface area contributed by atoms with Crippen molar-refractivity contribution in [3.63, 3.8) is 0 Å². The van der Waals surface area contributed by atoms with E-state index in [9.17, 15) is 9.18 Å². The maximum Gasteiger partial charge on any atom is 0.239 e. The Kier molecular flexibility index (Phi) is 7.00. The lowest BCUT2D eigenvalue weighted by Gasteiger charge is -2.21. The van der Waals surface area contributed by atoms with Crippen LogP contribution in [0.5, 0.6) is 0 Å². The number of halogens is 1. The molecular weight excluding hydrogens is 295 g/mol. The van der Waals surface area contributed by atoms with E-state index in [1.165, 1.54) is 6.07 Å². The number of amides is 1. The molecule has 0 aliphatic heterocycles. The van der Waals surface area contributed by atoms with Crippen molar-refractivity contribution in [1.82, 2.24) is 16.0 Å². The topological polar surface area (TPSA) is 65.5 Å². The molecule has 128 valence electrons. The van der Waals surface area contributed by atoms with Crippen molar-refractivity contribution in [2.75, 3.05) is 13.1 Å². The smallest absolute Gasteiger partial charge is 0.239 e. The Labute approximate surface area is 137 Å². The molecule has 0 atom stereocenters. The van der Waals surface area contributed by atoms with E-state index in [1.807, 2.05) is 27.7 Å². The quantitative estimate of drug-likeness (QED) is 0.574. The highest BCUT2D eigenvalue weighted by atomic mass is 19.1. The highest BCUT2D eigenvalue weighted by molar-refractivity contribution is 5.86. The van der Waals surface area contributed by atoms with E-state index in [-0.39, 0.29) is 23.8 Å². The number of guanidine groups is 1. The van der Waals surface area contributed by atoms with Crippen molar-refractivity contribution in [3.8, 4) is 0 Å². The number of carbonyl (C=O) groups excluding carboxylic acids is 1. The van der Waals surface area contributed by atoms with Gasteiger partial charge >= 0.3 is 0 Å². The van der Waals surface area contributed by atoms with Crippen molar-refractivity contribution in [2.24, 2.45) is 4.99 Å². The summed E-state index contributed by atoms with van der Waals surface area (Å²) >= 11 is 0. The largest absolute Gasteiger partial charge is 0.357 e. The maximum absolute atomic E-state index is 13.3. The summed E-state index contributed by atoms with van der Waals surface area (Å²) in [5.74, 6) is 0.237. The second-order valence-corrected chi connectivity index (χ2v) is 6.43. The summed E-state index contributed by atoms with van der Waals surface area (Å²) in [6, 6.07) is 4.92. The summed E-state index contributed by atoms with van der Waals surface area (Å²) in [6.45, 7) is 10.7. The fraction of sp³-hybridized carbons (Fsp3) is 0.529. The standard InChI is InChI=1S/C17H27FN4O/c1-6-19-16(21-11-15(23)22-17(3,4)5)20-10-13-7-8-14(18)12(2)9-13/h7-9H,6,10-11H2,1-5H3,(H,22,23)(H2,19,20,21). The van der Waals surface area contributed by atoms with Gasteiger partial charge in [-0.25, -0.2) is 9.38 Å². The molecule has 1 aromatic carbocycles. The average Bonchev–Trinajstić information content (AvgIpc) is 2.43. The van der Waals surface area contributed by atoms with E-state index in [0.717, 1.165) is 5.56 Å². The first-order valence-electron chi connectivity index (χ1n) is 7.79. The molecule has 3 N–H and O–H groups in total. The van der Waals surface area contributed by atoms with Crippen molar-refractivity contribution < 1.29 is 9.18 Å². The van der Waals surface area contributed by atoms with E-state index in [1.54, 1.807) is 19.1 Å². The molecule has 0 radical (unpaired) electrons. The van der Waals surface area contributed by atoms with Crippen molar-refractivity contribution in [3.05, 3.63) is 35.1 Å². The minimum absolute atomic E-state index is 0.0965. The SMILES string of the molecule is CCNC(=NCc1ccc(F)c(C)c1)NCC(=O)NC(C)(C)C. The van der Waals surface area contributed by atoms with Crippen LogP contribution in [0.25, 0.3) is 0 Å². The Balaban J connectivity index is 2.62. The van der Waals surface area contributed by atoms with Crippen LogP contribution in [0.15, 0.2) is 23.2 Å². The maximum atomic E-state index is 13.3. The first-order chi connectivity index (χ1) is 10.7. The van der Waals surface area contributed by atoms with Gasteiger partial charge in [0.05, 0.1) is 13.1 Å². The summed E-state index contributed by atoms with van der Waals surface area (Å²) < 4.78 is 13.3. The number of aryl methyl sites for hydroxylation is 1. The lowest BCUT2D eigenvalue weighted by molar-refractivity contribution is -0.121. The zero-order valence-electron chi connectivity index (χ0n) is 14.6. The molecule has 0 bridgehead atoms. The lowest BCUT2D eigenvalue weighted by Crippen LogP contribution is -2.48. The molecule has 0 aliphatic carbocycles. The number of hydrogen-bond donors (Lipinski definition) is 3. The van der Waals surface area contributed by atoms with Gasteiger partial charge < -0.3 is 16.0 Å². The molecule has 0 aliphatic rings. The van der Waals surface area contributed by atoms with Gasteiger partial charge in [0.15, 0.2) is 5.96 Å². The summed E-state index contributed by atoms with van der Waals surface area (Å²) in [4.78, 5) is 16.2. The van der Waals surface area contributed by atoms with E-state index in [4.69, 9.17) is 0 Å². The van der Waals surface area contributed by atoms with Crippen LogP contribution in [0.2, 0.25) is 0 Å². The third-order valence-electron chi connectivity index (χ3n) is 2.92. The van der Waals surface area contributed by atoms with Crippen molar-refractivity contribution in [2.45, 2.75) is 46.7 Å². The first kappa shape index (κ1) is 18.9. The van der Waals surface area contributed by atoms with Crippen LogP contribution in [0, 0.1) is 12.7 Å². The van der Waals surface area contributed by atoms with Gasteiger partial charge in [-0.3, -0.25) is 4.79 Å². The third kappa shape index (κ3) is 7.63. The van der Waals surface area contributed by atoms with Crippen LogP contribution in [0.1, 0.15) is 38.8 Å². The Morgan fingerprint density at radius 1 is 1.26 bits per heavy atom. The van der Waals surface area contributed by atoms with Crippen molar-refractivity contribution >= 4 is 11.9 Å². The fourth-order valence-electron chi connectivity index (χ4n) is 1.94. The van der Waals surface area contributed by atoms with Gasteiger partial charge in [0.2, 0.25) is 5.91 Å². The number of nitrogens with one attached hydrogen (secondary N) is 3. The molecule has 0 aromatic heterocycles. The predicted molar refractivity (Wildman–Crippen MR) is 91.9 cm³/mol. The van der Waals surface area contributed by atoms with Crippen LogP contribution < -0.4 is 16.0 Å². The molecule has 0 spiro atoms. The van der Waals surface area contributed by atoms with Gasteiger partial charge in [-0.15, -0.1) is 0 Å². The summed E-state index contributed by atoms with van der Waals surface area (Å²) in [5, 5.41) is 8.95. The average molecular weight is 322 g/mol. The number of hydrogen-bond acceptors (Lipinski definition) is 2. The minimum Gasteiger partial charge on any atom is -0.357 e. The molecule has 0 saturated heterocycles. The summed E-state index contributed by atoms with van der Waals surface area (Å²) in [7, 11) is 0. The second kappa shape index (κ2) is 8.50. The van der Waals surface area contributed by atoms with E-state index in [0.29, 0.717) is 24.6 Å². The Morgan fingerprint density at radius 2 is 1.96 bits per heavy atom. The van der Waals surface area contributed by atoms with Gasteiger partial charge in [0.1, 0.15) is 5.82 Å². The molecule has 1 rings (SSSR count). The number of carbonyl (C=O) groups is 1. The fourth-order valence-corrected chi connectivity index (χ4v) is 1.94. The zero-order valence-corrected chi connectivity index (χ0v) is 14.6. The van der Waals surface area contributed by atoms with Crippen LogP contribution in [-0.4, -0.2) is 30.5 Å². The monoisotopic (exact) mass is 322 g/mol. The van der Waals surface area contributed by atoms with Gasteiger partial charge in [0.25, 0.3) is 0 Å². The number of benzene rings is 1. The Hall–Kier alpha value is -2.11. The molecule has 1 aromatic rings. The second-order valence-electron chi connectivity index (χ2n) is 6.43. The van der Waals surface area contributed by atoms with E-state index < -0.39 is 0 Å². The minimum atomic E-state index is -0.264. The Morgan fingerprint density at radius 3 is 2.52 bits per heavy atom. The van der Waals surface area contributed by atoms with E-state index >= 15 is 0 Å². The highest BCUT2D eigenvalue weighted by Gasteiger charge is 2.13. The molecule has 0 fully saturated rings. The highest BCUT2D eigenvalue weighted by Crippen LogP contribution is 2.09. The molecule has 1 amide bonds. The number of rotatable bonds is 5. The molecule has 0 saturated carbocycles. The molecular formula is C17H27FN4O. The van der Waals surface area contributed by atoms with Gasteiger partial charge in [-0.1, -0.05) is 12.1 Å². The predicted octanol–water partition coefficient (Wildman–Crippen LogP) is 2.10. The normalized spacial score (nSPS) is 12.0. The molecule has 0 unspecified atom stereocenters. The molecule has 5 nitrogen and oxygen atoms in total. The molecule has 0 heterocycles. The lowest BCUT2D eigenvalue weighted by atomic mass is 10.1. The van der Waals surface area contributed by atoms with Crippen molar-refractivity contribution in [1.29, 1.82) is 0 Å². The van der Waals surface area contributed by atoms with Crippen LogP contribution >= 0.6 is 0 Å². The van der Waals surface area contributed by atoms with Crippen LogP contribution in [0.4, 0.5) is 4.39 Å². The van der Waals surface area contributed by atoms with Crippen LogP contribution in [-0.2, 0) is 11.3 Å². The zero-order chi connectivity index (χ0) is 17.5. The third-order valence-corrected chi connectivity index (χ3v) is 2.92. The first-order valence-corrected chi connectivity index (χ1v) is 7.79. The van der Waals surface area contributed by atoms with Gasteiger partial charge in [-0.05, 0) is 51.8 Å². The van der Waals surface area contributed by atoms with Gasteiger partial charge in [-0.2, -0.15) is 0 Å². The summed E-state index contributed by atoms with van der Waals surface area (Å²) in [5.41, 5.74) is 1.25. The van der Waals surface area contributed by atoms with Gasteiger partial charge in [0, 0.05) is 12.1 Å². The molecule has 6 heteroatoms. The number of aliphatic imine (C=N–C) groups is 1. The summed E-state index contributed by atoms with van der Waals surface area (Å²) in [6.07, 6.45) is 0.